The molecule has 0 bridgehead atoms. The van der Waals surface area contributed by atoms with Gasteiger partial charge in [-0.05, 0) is 34.9 Å². The molecule has 134 valence electrons. The van der Waals surface area contributed by atoms with Crippen LogP contribution in [0.2, 0.25) is 0 Å². The topological polar surface area (TPSA) is 132 Å². The van der Waals surface area contributed by atoms with Gasteiger partial charge in [0.15, 0.2) is 11.5 Å². The van der Waals surface area contributed by atoms with Gasteiger partial charge >= 0.3 is 7.60 Å². The minimum absolute atomic E-state index is 0.395. The normalized spacial score (nSPS) is 12.7. The molecule has 0 amide bonds. The van der Waals surface area contributed by atoms with Crippen LogP contribution in [0.25, 0.3) is 22.4 Å². The molecule has 2 aromatic carbocycles. The van der Waals surface area contributed by atoms with Gasteiger partial charge in [0, 0.05) is 22.5 Å². The maximum Gasteiger partial charge on any atom is 0.362 e. The highest BCUT2D eigenvalue weighted by Gasteiger charge is 2.30. The molecular formula is C17H16N3O4PS. The summed E-state index contributed by atoms with van der Waals surface area (Å²) in [6.45, 7) is 0. The van der Waals surface area contributed by atoms with E-state index in [2.05, 4.69) is 4.98 Å². The van der Waals surface area contributed by atoms with Gasteiger partial charge in [-0.15, -0.1) is 11.3 Å². The van der Waals surface area contributed by atoms with Crippen molar-refractivity contribution in [3.8, 4) is 28.1 Å². The fourth-order valence-electron chi connectivity index (χ4n) is 3.12. The minimum atomic E-state index is -4.29. The Morgan fingerprint density at radius 1 is 1.15 bits per heavy atom. The number of hydrogen-bond acceptors (Lipinski definition) is 6. The number of nitrogens with zero attached hydrogens (tertiary/aromatic N) is 1. The summed E-state index contributed by atoms with van der Waals surface area (Å²) < 4.78 is 16.6. The number of rotatable bonds is 4. The van der Waals surface area contributed by atoms with Gasteiger partial charge in [0.25, 0.3) is 0 Å². The lowest BCUT2D eigenvalue weighted by Crippen LogP contribution is -2.01. The molecule has 1 aliphatic rings. The van der Waals surface area contributed by atoms with Crippen molar-refractivity contribution in [2.45, 2.75) is 6.42 Å². The highest BCUT2D eigenvalue weighted by atomic mass is 32.1. The molecule has 0 spiro atoms. The van der Waals surface area contributed by atoms with Crippen molar-refractivity contribution in [2.75, 3.05) is 17.8 Å². The molecule has 0 saturated heterocycles. The lowest BCUT2D eigenvalue weighted by molar-refractivity contribution is 0.301. The Hall–Kier alpha value is -2.38. The third-order valence-electron chi connectivity index (χ3n) is 4.17. The van der Waals surface area contributed by atoms with E-state index < -0.39 is 13.9 Å². The minimum Gasteiger partial charge on any atom is -0.480 e. The number of hydrogen-bond donors (Lipinski definition) is 4. The van der Waals surface area contributed by atoms with Gasteiger partial charge in [0.05, 0.1) is 5.69 Å². The summed E-state index contributed by atoms with van der Waals surface area (Å²) in [6, 6.07) is 11.1. The van der Waals surface area contributed by atoms with Crippen LogP contribution in [0.3, 0.4) is 0 Å². The fourth-order valence-corrected chi connectivity index (χ4v) is 4.28. The molecule has 6 N–H and O–H groups in total. The third kappa shape index (κ3) is 3.08. The summed E-state index contributed by atoms with van der Waals surface area (Å²) in [5.41, 5.74) is 16.8. The van der Waals surface area contributed by atoms with Gasteiger partial charge in [0.2, 0.25) is 0 Å². The SMILES string of the molecule is Nc1ccc(-c2ccc(OCP(=O)(O)O)c3c2Cc2sc(N)nc2-3)cc1. The highest BCUT2D eigenvalue weighted by Crippen LogP contribution is 2.49. The van der Waals surface area contributed by atoms with E-state index in [1.807, 2.05) is 30.3 Å². The largest absolute Gasteiger partial charge is 0.480 e. The molecule has 0 saturated carbocycles. The molecule has 0 unspecified atom stereocenters. The Morgan fingerprint density at radius 3 is 2.58 bits per heavy atom. The second-order valence-electron chi connectivity index (χ2n) is 6.03. The number of aromatic nitrogens is 1. The summed E-state index contributed by atoms with van der Waals surface area (Å²) in [6.07, 6.45) is -0.0397. The highest BCUT2D eigenvalue weighted by molar-refractivity contribution is 7.51. The lowest BCUT2D eigenvalue weighted by atomic mass is 9.95. The van der Waals surface area contributed by atoms with Crippen LogP contribution in [-0.2, 0) is 11.0 Å². The van der Waals surface area contributed by atoms with Crippen molar-refractivity contribution in [3.05, 3.63) is 46.8 Å². The van der Waals surface area contributed by atoms with Crippen LogP contribution in [0.4, 0.5) is 10.8 Å². The van der Waals surface area contributed by atoms with E-state index in [1.165, 1.54) is 11.3 Å². The smallest absolute Gasteiger partial charge is 0.362 e. The van der Waals surface area contributed by atoms with Crippen molar-refractivity contribution in [3.63, 3.8) is 0 Å². The molecule has 4 rings (SSSR count). The van der Waals surface area contributed by atoms with Crippen LogP contribution >= 0.6 is 18.9 Å². The van der Waals surface area contributed by atoms with Crippen molar-refractivity contribution < 1.29 is 19.1 Å². The first-order valence-electron chi connectivity index (χ1n) is 7.76. The van der Waals surface area contributed by atoms with Gasteiger partial charge in [0.1, 0.15) is 5.75 Å². The fraction of sp³-hybridized carbons (Fsp3) is 0.118. The number of nitrogens with two attached hydrogens (primary N) is 2. The van der Waals surface area contributed by atoms with Crippen molar-refractivity contribution >= 4 is 29.8 Å². The molecule has 0 radical (unpaired) electrons. The van der Waals surface area contributed by atoms with Crippen molar-refractivity contribution in [2.24, 2.45) is 0 Å². The second kappa shape index (κ2) is 6.10. The molecule has 26 heavy (non-hydrogen) atoms. The quantitative estimate of drug-likeness (QED) is 0.311. The van der Waals surface area contributed by atoms with E-state index in [0.717, 1.165) is 32.8 Å². The lowest BCUT2D eigenvalue weighted by Gasteiger charge is -2.15. The van der Waals surface area contributed by atoms with Gasteiger partial charge in [-0.2, -0.15) is 0 Å². The predicted molar refractivity (Wildman–Crippen MR) is 102 cm³/mol. The van der Waals surface area contributed by atoms with Gasteiger partial charge in [-0.1, -0.05) is 18.2 Å². The molecule has 3 aromatic rings. The zero-order valence-electron chi connectivity index (χ0n) is 13.5. The second-order valence-corrected chi connectivity index (χ2v) is 8.73. The Balaban J connectivity index is 1.85. The van der Waals surface area contributed by atoms with Crippen LogP contribution in [0.5, 0.6) is 5.75 Å². The van der Waals surface area contributed by atoms with Crippen molar-refractivity contribution in [1.29, 1.82) is 0 Å². The zero-order chi connectivity index (χ0) is 18.5. The number of fused-ring (bicyclic) bond motifs is 3. The third-order valence-corrected chi connectivity index (χ3v) is 5.52. The van der Waals surface area contributed by atoms with E-state index in [0.29, 0.717) is 23.0 Å². The maximum absolute atomic E-state index is 11.2. The van der Waals surface area contributed by atoms with E-state index in [1.54, 1.807) is 6.07 Å². The molecule has 1 heterocycles. The average Bonchev–Trinajstić information content (AvgIpc) is 3.09. The number of benzene rings is 2. The van der Waals surface area contributed by atoms with E-state index >= 15 is 0 Å². The molecule has 1 aliphatic carbocycles. The monoisotopic (exact) mass is 389 g/mol. The van der Waals surface area contributed by atoms with Crippen LogP contribution in [-0.4, -0.2) is 21.1 Å². The molecule has 1 aromatic heterocycles. The predicted octanol–water partition coefficient (Wildman–Crippen LogP) is 3.06. The van der Waals surface area contributed by atoms with Crippen LogP contribution in [0.1, 0.15) is 10.4 Å². The van der Waals surface area contributed by atoms with E-state index in [4.69, 9.17) is 26.0 Å². The summed E-state index contributed by atoms with van der Waals surface area (Å²) in [7, 11) is -4.29. The van der Waals surface area contributed by atoms with Crippen LogP contribution < -0.4 is 16.2 Å². The molecule has 0 atom stereocenters. The van der Waals surface area contributed by atoms with Crippen LogP contribution in [0, 0.1) is 0 Å². The zero-order valence-corrected chi connectivity index (χ0v) is 15.3. The first-order valence-corrected chi connectivity index (χ1v) is 10.4. The molecule has 7 nitrogen and oxygen atoms in total. The Labute approximate surface area is 153 Å². The molecule has 0 aliphatic heterocycles. The van der Waals surface area contributed by atoms with Crippen LogP contribution in [0.15, 0.2) is 36.4 Å². The Morgan fingerprint density at radius 2 is 1.88 bits per heavy atom. The molecular weight excluding hydrogens is 373 g/mol. The number of ether oxygens (including phenoxy) is 1. The summed E-state index contributed by atoms with van der Waals surface area (Å²) in [5.74, 6) is 0.395. The Bertz CT molecular complexity index is 1040. The summed E-state index contributed by atoms with van der Waals surface area (Å²) in [5, 5.41) is 0.458. The standard InChI is InChI=1S/C17H16N3O4PS/c18-10-3-1-9(2-4-10)11-5-6-13(24-8-25(21,22)23)15-12(11)7-14-16(15)20-17(19)26-14/h1-6H,7-8,18H2,(H2,19,20)(H2,21,22,23). The summed E-state index contributed by atoms with van der Waals surface area (Å²) in [4.78, 5) is 23.7. The molecule has 9 heteroatoms. The number of nitrogen functional groups attached to an aromatic ring is 2. The number of thiazole rings is 1. The van der Waals surface area contributed by atoms with E-state index in [9.17, 15) is 4.57 Å². The molecule has 0 fully saturated rings. The first-order chi connectivity index (χ1) is 12.3. The van der Waals surface area contributed by atoms with E-state index in [-0.39, 0.29) is 0 Å². The average molecular weight is 389 g/mol. The number of anilines is 2. The van der Waals surface area contributed by atoms with Crippen molar-refractivity contribution in [1.82, 2.24) is 4.98 Å². The maximum atomic E-state index is 11.2. The van der Waals surface area contributed by atoms with Gasteiger partial charge in [-0.25, -0.2) is 4.98 Å². The van der Waals surface area contributed by atoms with Gasteiger partial charge in [-0.3, -0.25) is 4.57 Å². The first kappa shape index (κ1) is 17.1. The Kier molecular flexibility index (Phi) is 4.00. The summed E-state index contributed by atoms with van der Waals surface area (Å²) >= 11 is 1.41. The van der Waals surface area contributed by atoms with Gasteiger partial charge < -0.3 is 26.0 Å².